The van der Waals surface area contributed by atoms with E-state index in [1.807, 2.05) is 11.0 Å². The average molecular weight is 345 g/mol. The molecule has 2 rings (SSSR count). The van der Waals surface area contributed by atoms with E-state index in [2.05, 4.69) is 36.7 Å². The predicted octanol–water partition coefficient (Wildman–Crippen LogP) is 4.61. The molecule has 1 aromatic carbocycles. The zero-order chi connectivity index (χ0) is 14.2. The molecule has 2 nitrogen and oxygen atoms in total. The molecule has 19 heavy (non-hydrogen) atoms. The average Bonchev–Trinajstić information content (AvgIpc) is 2.80. The molecule has 0 saturated carbocycles. The zero-order valence-electron chi connectivity index (χ0n) is 11.5. The van der Waals surface area contributed by atoms with E-state index in [4.69, 9.17) is 11.6 Å². The first kappa shape index (κ1) is 14.9. The van der Waals surface area contributed by atoms with Gasteiger partial charge in [-0.15, -0.1) is 0 Å². The van der Waals surface area contributed by atoms with Crippen LogP contribution in [0.3, 0.4) is 0 Å². The van der Waals surface area contributed by atoms with Crippen LogP contribution in [0, 0.1) is 11.3 Å². The first-order valence-corrected chi connectivity index (χ1v) is 7.70. The summed E-state index contributed by atoms with van der Waals surface area (Å²) >= 11 is 9.51. The number of halogens is 2. The molecule has 1 fully saturated rings. The van der Waals surface area contributed by atoms with Gasteiger partial charge in [0.1, 0.15) is 0 Å². The summed E-state index contributed by atoms with van der Waals surface area (Å²) in [5.41, 5.74) is 0.835. The lowest BCUT2D eigenvalue weighted by molar-refractivity contribution is 0.0776. The van der Waals surface area contributed by atoms with E-state index in [-0.39, 0.29) is 11.3 Å². The van der Waals surface area contributed by atoms with Gasteiger partial charge in [-0.2, -0.15) is 0 Å². The summed E-state index contributed by atoms with van der Waals surface area (Å²) in [6, 6.07) is 5.41. The number of rotatable bonds is 1. The second-order valence-corrected chi connectivity index (χ2v) is 7.55. The summed E-state index contributed by atoms with van der Waals surface area (Å²) < 4.78 is 0.881. The molecular formula is C15H19BrClNO. The summed E-state index contributed by atoms with van der Waals surface area (Å²) in [6.45, 7) is 8.35. The minimum absolute atomic E-state index is 0.0399. The molecule has 1 heterocycles. The summed E-state index contributed by atoms with van der Waals surface area (Å²) in [5.74, 6) is 0.598. The first-order valence-electron chi connectivity index (χ1n) is 6.53. The number of hydrogen-bond acceptors (Lipinski definition) is 1. The van der Waals surface area contributed by atoms with E-state index in [1.165, 1.54) is 0 Å². The molecule has 0 radical (unpaired) electrons. The molecule has 4 heteroatoms. The van der Waals surface area contributed by atoms with Gasteiger partial charge in [-0.05, 0) is 36.0 Å². The Morgan fingerprint density at radius 3 is 2.68 bits per heavy atom. The Hall–Kier alpha value is -0.540. The van der Waals surface area contributed by atoms with Crippen molar-refractivity contribution in [2.24, 2.45) is 11.3 Å². The van der Waals surface area contributed by atoms with Crippen LogP contribution in [-0.4, -0.2) is 23.9 Å². The van der Waals surface area contributed by atoms with Crippen molar-refractivity contribution in [1.29, 1.82) is 0 Å². The number of benzene rings is 1. The summed E-state index contributed by atoms with van der Waals surface area (Å²) in [5, 5.41) is 0.521. The van der Waals surface area contributed by atoms with Crippen molar-refractivity contribution in [1.82, 2.24) is 4.90 Å². The number of nitrogens with zero attached hydrogens (tertiary/aromatic N) is 1. The van der Waals surface area contributed by atoms with Gasteiger partial charge >= 0.3 is 0 Å². The van der Waals surface area contributed by atoms with Crippen LogP contribution in [0.25, 0.3) is 0 Å². The molecule has 1 aliphatic rings. The van der Waals surface area contributed by atoms with Crippen molar-refractivity contribution in [3.05, 3.63) is 33.3 Å². The number of carbonyl (C=O) groups is 1. The van der Waals surface area contributed by atoms with E-state index in [9.17, 15) is 4.79 Å². The lowest BCUT2D eigenvalue weighted by atomic mass is 9.80. The highest BCUT2D eigenvalue weighted by atomic mass is 79.9. The minimum atomic E-state index is 0.0399. The fourth-order valence-electron chi connectivity index (χ4n) is 2.48. The molecule has 0 aromatic heterocycles. The molecule has 0 spiro atoms. The van der Waals surface area contributed by atoms with Gasteiger partial charge in [-0.1, -0.05) is 48.3 Å². The van der Waals surface area contributed by atoms with Crippen LogP contribution in [0.4, 0.5) is 0 Å². The van der Waals surface area contributed by atoms with Crippen LogP contribution in [0.15, 0.2) is 22.7 Å². The number of carbonyl (C=O) groups excluding carboxylic acids is 1. The van der Waals surface area contributed by atoms with Crippen molar-refractivity contribution < 1.29 is 4.79 Å². The smallest absolute Gasteiger partial charge is 0.255 e. The normalized spacial score (nSPS) is 19.8. The molecule has 1 atom stereocenters. The van der Waals surface area contributed by atoms with Gasteiger partial charge < -0.3 is 4.90 Å². The third kappa shape index (κ3) is 3.32. The zero-order valence-corrected chi connectivity index (χ0v) is 13.9. The van der Waals surface area contributed by atoms with E-state index >= 15 is 0 Å². The number of hydrogen-bond donors (Lipinski definition) is 0. The SMILES string of the molecule is CC(C)(C)C1CCN(C(=O)c2cc(Br)ccc2Cl)C1. The Morgan fingerprint density at radius 1 is 1.42 bits per heavy atom. The molecule has 1 aliphatic heterocycles. The third-order valence-corrected chi connectivity index (χ3v) is 4.68. The lowest BCUT2D eigenvalue weighted by Crippen LogP contribution is -2.31. The van der Waals surface area contributed by atoms with Crippen LogP contribution in [-0.2, 0) is 0 Å². The van der Waals surface area contributed by atoms with Crippen LogP contribution in [0.1, 0.15) is 37.6 Å². The van der Waals surface area contributed by atoms with Crippen molar-refractivity contribution in [2.45, 2.75) is 27.2 Å². The van der Waals surface area contributed by atoms with Crippen molar-refractivity contribution in [3.63, 3.8) is 0 Å². The molecule has 0 N–H and O–H groups in total. The van der Waals surface area contributed by atoms with E-state index in [1.54, 1.807) is 12.1 Å². The van der Waals surface area contributed by atoms with Crippen LogP contribution in [0.2, 0.25) is 5.02 Å². The van der Waals surface area contributed by atoms with Gasteiger partial charge in [0.2, 0.25) is 0 Å². The predicted molar refractivity (Wildman–Crippen MR) is 82.6 cm³/mol. The second kappa shape index (κ2) is 5.45. The Balaban J connectivity index is 2.16. The van der Waals surface area contributed by atoms with E-state index in [0.717, 1.165) is 24.0 Å². The molecule has 1 unspecified atom stereocenters. The highest BCUT2D eigenvalue weighted by Crippen LogP contribution is 2.34. The van der Waals surface area contributed by atoms with E-state index in [0.29, 0.717) is 16.5 Å². The monoisotopic (exact) mass is 343 g/mol. The van der Waals surface area contributed by atoms with Crippen LogP contribution in [0.5, 0.6) is 0 Å². The van der Waals surface area contributed by atoms with Gasteiger partial charge in [0, 0.05) is 17.6 Å². The van der Waals surface area contributed by atoms with Crippen molar-refractivity contribution >= 4 is 33.4 Å². The largest absolute Gasteiger partial charge is 0.338 e. The third-order valence-electron chi connectivity index (χ3n) is 3.86. The van der Waals surface area contributed by atoms with E-state index < -0.39 is 0 Å². The topological polar surface area (TPSA) is 20.3 Å². The Kier molecular flexibility index (Phi) is 4.26. The Morgan fingerprint density at radius 2 is 2.11 bits per heavy atom. The van der Waals surface area contributed by atoms with Gasteiger partial charge in [0.15, 0.2) is 0 Å². The highest BCUT2D eigenvalue weighted by Gasteiger charge is 2.34. The maximum Gasteiger partial charge on any atom is 0.255 e. The summed E-state index contributed by atoms with van der Waals surface area (Å²) in [7, 11) is 0. The fourth-order valence-corrected chi connectivity index (χ4v) is 3.04. The highest BCUT2D eigenvalue weighted by molar-refractivity contribution is 9.10. The number of amides is 1. The fraction of sp³-hybridized carbons (Fsp3) is 0.533. The van der Waals surface area contributed by atoms with Gasteiger partial charge in [0.25, 0.3) is 5.91 Å². The van der Waals surface area contributed by atoms with Crippen molar-refractivity contribution in [2.75, 3.05) is 13.1 Å². The van der Waals surface area contributed by atoms with Crippen LogP contribution >= 0.6 is 27.5 Å². The van der Waals surface area contributed by atoms with Crippen LogP contribution < -0.4 is 0 Å². The minimum Gasteiger partial charge on any atom is -0.338 e. The lowest BCUT2D eigenvalue weighted by Gasteiger charge is -2.27. The Labute approximate surface area is 128 Å². The number of likely N-dealkylation sites (tertiary alicyclic amines) is 1. The maximum absolute atomic E-state index is 12.5. The summed E-state index contributed by atoms with van der Waals surface area (Å²) in [4.78, 5) is 14.4. The molecule has 1 saturated heterocycles. The Bertz CT molecular complexity index is 495. The molecule has 1 aromatic rings. The molecule has 0 bridgehead atoms. The second-order valence-electron chi connectivity index (χ2n) is 6.23. The van der Waals surface area contributed by atoms with Gasteiger partial charge in [0.05, 0.1) is 10.6 Å². The first-order chi connectivity index (χ1) is 8.79. The molecule has 0 aliphatic carbocycles. The molecule has 104 valence electrons. The van der Waals surface area contributed by atoms with Gasteiger partial charge in [-0.25, -0.2) is 0 Å². The quantitative estimate of drug-likeness (QED) is 0.728. The molecular weight excluding hydrogens is 326 g/mol. The summed E-state index contributed by atoms with van der Waals surface area (Å²) in [6.07, 6.45) is 1.07. The molecule has 1 amide bonds. The standard InChI is InChI=1S/C15H19BrClNO/c1-15(2,3)10-6-7-18(9-10)14(19)12-8-11(16)4-5-13(12)17/h4-5,8,10H,6-7,9H2,1-3H3. The van der Waals surface area contributed by atoms with Gasteiger partial charge in [-0.3, -0.25) is 4.79 Å². The maximum atomic E-state index is 12.5. The van der Waals surface area contributed by atoms with Crippen molar-refractivity contribution in [3.8, 4) is 0 Å².